The lowest BCUT2D eigenvalue weighted by molar-refractivity contribution is -0.0498. The van der Waals surface area contributed by atoms with Gasteiger partial charge in [-0.2, -0.15) is 8.78 Å². The highest BCUT2D eigenvalue weighted by atomic mass is 19.3. The fraction of sp³-hybridized carbons (Fsp3) is 0.333. The quantitative estimate of drug-likeness (QED) is 0.904. The lowest BCUT2D eigenvalue weighted by Crippen LogP contribution is -2.07. The molecule has 0 aliphatic carbocycles. The average molecular weight is 268 g/mol. The van der Waals surface area contributed by atoms with E-state index in [0.717, 1.165) is 17.3 Å². The molecule has 0 fully saturated rings. The Kier molecular flexibility index (Phi) is 3.94. The Morgan fingerprint density at radius 2 is 1.95 bits per heavy atom. The average Bonchev–Trinajstić information content (AvgIpc) is 2.69. The van der Waals surface area contributed by atoms with E-state index in [1.54, 1.807) is 12.1 Å². The van der Waals surface area contributed by atoms with Crippen LogP contribution in [0.25, 0.3) is 0 Å². The van der Waals surface area contributed by atoms with E-state index in [1.165, 1.54) is 12.1 Å². The van der Waals surface area contributed by atoms with Gasteiger partial charge in [-0.3, -0.25) is 0 Å². The Morgan fingerprint density at radius 1 is 1.26 bits per heavy atom. The minimum atomic E-state index is -2.81. The summed E-state index contributed by atoms with van der Waals surface area (Å²) in [6.45, 7) is -0.431. The van der Waals surface area contributed by atoms with Crippen LogP contribution in [-0.4, -0.2) is 21.4 Å². The standard InChI is InChI=1S/C12H14F2N4O/c1-8-16-17-11(18(8)2)7-15-9-3-5-10(6-4-9)19-12(13)14/h3-6,12,15H,7H2,1-2H3. The number of hydrogen-bond acceptors (Lipinski definition) is 4. The van der Waals surface area contributed by atoms with Crippen LogP contribution in [0.15, 0.2) is 24.3 Å². The fourth-order valence-corrected chi connectivity index (χ4v) is 1.54. The van der Waals surface area contributed by atoms with Crippen molar-refractivity contribution in [2.24, 2.45) is 7.05 Å². The van der Waals surface area contributed by atoms with Crippen LogP contribution in [0.5, 0.6) is 5.75 Å². The van der Waals surface area contributed by atoms with Crippen LogP contribution < -0.4 is 10.1 Å². The van der Waals surface area contributed by atoms with Crippen molar-refractivity contribution in [3.8, 4) is 5.75 Å². The molecule has 0 aliphatic heterocycles. The van der Waals surface area contributed by atoms with Crippen molar-refractivity contribution in [1.82, 2.24) is 14.8 Å². The molecule has 7 heteroatoms. The zero-order valence-corrected chi connectivity index (χ0v) is 10.6. The molecule has 1 N–H and O–H groups in total. The number of halogens is 2. The molecule has 0 bridgehead atoms. The maximum Gasteiger partial charge on any atom is 0.387 e. The van der Waals surface area contributed by atoms with Crippen molar-refractivity contribution in [3.05, 3.63) is 35.9 Å². The summed E-state index contributed by atoms with van der Waals surface area (Å²) in [4.78, 5) is 0. The number of ether oxygens (including phenoxy) is 1. The predicted molar refractivity (Wildman–Crippen MR) is 66.1 cm³/mol. The van der Waals surface area contributed by atoms with Crippen molar-refractivity contribution >= 4 is 5.69 Å². The molecule has 0 aliphatic rings. The summed E-state index contributed by atoms with van der Waals surface area (Å²) in [5, 5.41) is 11.1. The van der Waals surface area contributed by atoms with Crippen LogP contribution in [0.3, 0.4) is 0 Å². The van der Waals surface area contributed by atoms with Crippen LogP contribution in [0.4, 0.5) is 14.5 Å². The SMILES string of the molecule is Cc1nnc(CNc2ccc(OC(F)F)cc2)n1C. The van der Waals surface area contributed by atoms with E-state index in [1.807, 2.05) is 18.5 Å². The van der Waals surface area contributed by atoms with Crippen LogP contribution in [0.2, 0.25) is 0 Å². The Hall–Kier alpha value is -2.18. The Bertz CT molecular complexity index is 539. The maximum atomic E-state index is 12.0. The van der Waals surface area contributed by atoms with Gasteiger partial charge in [0, 0.05) is 12.7 Å². The summed E-state index contributed by atoms with van der Waals surface area (Å²) >= 11 is 0. The molecule has 0 saturated carbocycles. The van der Waals surface area contributed by atoms with Gasteiger partial charge in [0.05, 0.1) is 6.54 Å². The van der Waals surface area contributed by atoms with Crippen molar-refractivity contribution in [1.29, 1.82) is 0 Å². The number of nitrogens with one attached hydrogen (secondary N) is 1. The number of aryl methyl sites for hydroxylation is 1. The first-order valence-electron chi connectivity index (χ1n) is 5.70. The number of aromatic nitrogens is 3. The van der Waals surface area contributed by atoms with Crippen molar-refractivity contribution in [2.45, 2.75) is 20.1 Å². The van der Waals surface area contributed by atoms with E-state index in [2.05, 4.69) is 20.3 Å². The van der Waals surface area contributed by atoms with Crippen molar-refractivity contribution in [3.63, 3.8) is 0 Å². The van der Waals surface area contributed by atoms with Gasteiger partial charge in [-0.1, -0.05) is 0 Å². The molecule has 0 amide bonds. The van der Waals surface area contributed by atoms with Gasteiger partial charge in [0.15, 0.2) is 5.82 Å². The molecule has 19 heavy (non-hydrogen) atoms. The lowest BCUT2D eigenvalue weighted by atomic mass is 10.3. The number of alkyl halides is 2. The van der Waals surface area contributed by atoms with E-state index < -0.39 is 6.61 Å². The first-order valence-corrected chi connectivity index (χ1v) is 5.70. The Balaban J connectivity index is 1.95. The second-order valence-electron chi connectivity index (χ2n) is 3.98. The second kappa shape index (κ2) is 5.64. The summed E-state index contributed by atoms with van der Waals surface area (Å²) in [5.74, 6) is 1.76. The number of nitrogens with zero attached hydrogens (tertiary/aromatic N) is 3. The zero-order chi connectivity index (χ0) is 13.8. The van der Waals surface area contributed by atoms with Gasteiger partial charge in [-0.25, -0.2) is 0 Å². The molecule has 0 spiro atoms. The van der Waals surface area contributed by atoms with Gasteiger partial charge in [0.2, 0.25) is 0 Å². The highest BCUT2D eigenvalue weighted by molar-refractivity contribution is 5.46. The molecule has 1 aromatic carbocycles. The number of rotatable bonds is 5. The third-order valence-corrected chi connectivity index (χ3v) is 2.71. The molecular formula is C12H14F2N4O. The third-order valence-electron chi connectivity index (χ3n) is 2.71. The highest BCUT2D eigenvalue weighted by Gasteiger charge is 2.05. The van der Waals surface area contributed by atoms with Gasteiger partial charge in [0.1, 0.15) is 11.6 Å². The fourth-order valence-electron chi connectivity index (χ4n) is 1.54. The van der Waals surface area contributed by atoms with E-state index in [9.17, 15) is 8.78 Å². The number of benzene rings is 1. The molecule has 1 aromatic heterocycles. The van der Waals surface area contributed by atoms with Gasteiger partial charge in [0.25, 0.3) is 0 Å². The normalized spacial score (nSPS) is 10.8. The Labute approximate surface area is 109 Å². The number of anilines is 1. The molecule has 102 valence electrons. The van der Waals surface area contributed by atoms with Gasteiger partial charge < -0.3 is 14.6 Å². The van der Waals surface area contributed by atoms with Gasteiger partial charge in [-0.05, 0) is 31.2 Å². The van der Waals surface area contributed by atoms with Gasteiger partial charge >= 0.3 is 6.61 Å². The summed E-state index contributed by atoms with van der Waals surface area (Å²) in [6.07, 6.45) is 0. The minimum absolute atomic E-state index is 0.134. The molecule has 0 radical (unpaired) electrons. The molecular weight excluding hydrogens is 254 g/mol. The minimum Gasteiger partial charge on any atom is -0.435 e. The first kappa shape index (κ1) is 13.3. The molecule has 2 aromatic rings. The summed E-state index contributed by atoms with van der Waals surface area (Å²) in [6, 6.07) is 6.30. The maximum absolute atomic E-state index is 12.0. The summed E-state index contributed by atoms with van der Waals surface area (Å²) in [5.41, 5.74) is 0.794. The number of hydrogen-bond donors (Lipinski definition) is 1. The smallest absolute Gasteiger partial charge is 0.387 e. The molecule has 0 saturated heterocycles. The van der Waals surface area contributed by atoms with E-state index in [0.29, 0.717) is 6.54 Å². The Morgan fingerprint density at radius 3 is 2.47 bits per heavy atom. The molecule has 0 atom stereocenters. The van der Waals surface area contributed by atoms with E-state index >= 15 is 0 Å². The largest absolute Gasteiger partial charge is 0.435 e. The van der Waals surface area contributed by atoms with Crippen LogP contribution in [0.1, 0.15) is 11.6 Å². The summed E-state index contributed by atoms with van der Waals surface area (Å²) < 4.78 is 30.1. The third kappa shape index (κ3) is 3.40. The van der Waals surface area contributed by atoms with E-state index in [4.69, 9.17) is 0 Å². The van der Waals surface area contributed by atoms with Crippen LogP contribution in [0, 0.1) is 6.92 Å². The lowest BCUT2D eigenvalue weighted by Gasteiger charge is -2.08. The van der Waals surface area contributed by atoms with Crippen LogP contribution >= 0.6 is 0 Å². The molecule has 5 nitrogen and oxygen atoms in total. The summed E-state index contributed by atoms with van der Waals surface area (Å²) in [7, 11) is 1.88. The molecule has 1 heterocycles. The predicted octanol–water partition coefficient (Wildman–Crippen LogP) is 2.34. The van der Waals surface area contributed by atoms with Gasteiger partial charge in [-0.15, -0.1) is 10.2 Å². The van der Waals surface area contributed by atoms with Crippen molar-refractivity contribution in [2.75, 3.05) is 5.32 Å². The highest BCUT2D eigenvalue weighted by Crippen LogP contribution is 2.18. The molecule has 0 unspecified atom stereocenters. The topological polar surface area (TPSA) is 52.0 Å². The first-order chi connectivity index (χ1) is 9.06. The molecule has 2 rings (SSSR count). The van der Waals surface area contributed by atoms with Crippen molar-refractivity contribution < 1.29 is 13.5 Å². The van der Waals surface area contributed by atoms with E-state index in [-0.39, 0.29) is 5.75 Å². The second-order valence-corrected chi connectivity index (χ2v) is 3.98. The monoisotopic (exact) mass is 268 g/mol. The zero-order valence-electron chi connectivity index (χ0n) is 10.6. The van der Waals surface area contributed by atoms with Crippen LogP contribution in [-0.2, 0) is 13.6 Å².